The molecule has 1 N–H and O–H groups in total. The van der Waals surface area contributed by atoms with Crippen molar-refractivity contribution in [2.45, 2.75) is 26.6 Å². The van der Waals surface area contributed by atoms with Gasteiger partial charge < -0.3 is 10.2 Å². The van der Waals surface area contributed by atoms with E-state index >= 15 is 0 Å². The summed E-state index contributed by atoms with van der Waals surface area (Å²) in [6.07, 6.45) is -3.27. The molecule has 0 spiro atoms. The molecule has 154 valence electrons. The molecule has 0 bridgehead atoms. The van der Waals surface area contributed by atoms with E-state index in [0.29, 0.717) is 29.0 Å². The minimum Gasteiger partial charge on any atom is -0.370 e. The third kappa shape index (κ3) is 4.42. The standard InChI is InChI=1S/C19H19F3N4O2S/c1-3-25(4-2)15-6-5-12(19(20,21)22)9-14(15)24-16(27)10-26-11-23-17-13(18(26)28)7-8-29-17/h5-9,11H,3-4,10H2,1-2H3,(H,24,27). The number of carbonyl (C=O) groups is 1. The van der Waals surface area contributed by atoms with Crippen molar-refractivity contribution >= 4 is 38.8 Å². The van der Waals surface area contributed by atoms with Crippen LogP contribution in [0.5, 0.6) is 0 Å². The monoisotopic (exact) mass is 424 g/mol. The Balaban J connectivity index is 1.91. The highest BCUT2D eigenvalue weighted by atomic mass is 32.1. The predicted molar refractivity (Wildman–Crippen MR) is 108 cm³/mol. The van der Waals surface area contributed by atoms with E-state index in [1.54, 1.807) is 11.4 Å². The van der Waals surface area contributed by atoms with E-state index < -0.39 is 17.6 Å². The predicted octanol–water partition coefficient (Wildman–Crippen LogP) is 3.96. The Bertz CT molecular complexity index is 1090. The minimum absolute atomic E-state index is 0.0474. The molecule has 0 unspecified atom stereocenters. The molecular weight excluding hydrogens is 405 g/mol. The molecule has 2 heterocycles. The number of hydrogen-bond donors (Lipinski definition) is 1. The van der Waals surface area contributed by atoms with Gasteiger partial charge >= 0.3 is 6.18 Å². The van der Waals surface area contributed by atoms with Crippen LogP contribution in [0.2, 0.25) is 0 Å². The highest BCUT2D eigenvalue weighted by Gasteiger charge is 2.31. The summed E-state index contributed by atoms with van der Waals surface area (Å²) in [6, 6.07) is 4.86. The van der Waals surface area contributed by atoms with Gasteiger partial charge in [0.1, 0.15) is 11.4 Å². The molecule has 0 aliphatic rings. The van der Waals surface area contributed by atoms with Gasteiger partial charge in [0, 0.05) is 13.1 Å². The van der Waals surface area contributed by atoms with Crippen LogP contribution in [0, 0.1) is 0 Å². The molecule has 1 aromatic carbocycles. The maximum atomic E-state index is 13.1. The van der Waals surface area contributed by atoms with Gasteiger partial charge in [-0.25, -0.2) is 4.98 Å². The first-order valence-electron chi connectivity index (χ1n) is 8.93. The van der Waals surface area contributed by atoms with Gasteiger partial charge in [0.25, 0.3) is 5.56 Å². The Morgan fingerprint density at radius 3 is 2.62 bits per heavy atom. The quantitative estimate of drug-likeness (QED) is 0.651. The summed E-state index contributed by atoms with van der Waals surface area (Å²) < 4.78 is 40.6. The number of aromatic nitrogens is 2. The number of thiophene rings is 1. The topological polar surface area (TPSA) is 67.2 Å². The van der Waals surface area contributed by atoms with E-state index in [1.807, 2.05) is 18.7 Å². The van der Waals surface area contributed by atoms with Crippen molar-refractivity contribution < 1.29 is 18.0 Å². The Hall–Kier alpha value is -2.88. The summed E-state index contributed by atoms with van der Waals surface area (Å²) in [5, 5.41) is 4.65. The van der Waals surface area contributed by atoms with Crippen LogP contribution < -0.4 is 15.8 Å². The van der Waals surface area contributed by atoms with Crippen molar-refractivity contribution in [2.24, 2.45) is 0 Å². The summed E-state index contributed by atoms with van der Waals surface area (Å²) in [4.78, 5) is 31.5. The third-order valence-electron chi connectivity index (χ3n) is 4.47. The molecule has 0 saturated heterocycles. The molecule has 6 nitrogen and oxygen atoms in total. The van der Waals surface area contributed by atoms with Crippen molar-refractivity contribution in [1.29, 1.82) is 0 Å². The summed E-state index contributed by atoms with van der Waals surface area (Å²) in [5.74, 6) is -0.615. The lowest BCUT2D eigenvalue weighted by Crippen LogP contribution is -2.29. The fraction of sp³-hybridized carbons (Fsp3) is 0.316. The van der Waals surface area contributed by atoms with Gasteiger partial charge in [-0.15, -0.1) is 11.3 Å². The highest BCUT2D eigenvalue weighted by molar-refractivity contribution is 7.16. The van der Waals surface area contributed by atoms with E-state index in [-0.39, 0.29) is 17.8 Å². The van der Waals surface area contributed by atoms with Crippen LogP contribution >= 0.6 is 11.3 Å². The molecule has 1 amide bonds. The zero-order valence-electron chi connectivity index (χ0n) is 15.8. The lowest BCUT2D eigenvalue weighted by molar-refractivity contribution is -0.137. The fourth-order valence-corrected chi connectivity index (χ4v) is 3.73. The van der Waals surface area contributed by atoms with Crippen LogP contribution in [0.3, 0.4) is 0 Å². The highest BCUT2D eigenvalue weighted by Crippen LogP contribution is 2.35. The van der Waals surface area contributed by atoms with Crippen LogP contribution in [0.1, 0.15) is 19.4 Å². The number of alkyl halides is 3. The maximum Gasteiger partial charge on any atom is 0.416 e. The average Bonchev–Trinajstić information content (AvgIpc) is 3.15. The second-order valence-electron chi connectivity index (χ2n) is 6.27. The van der Waals surface area contributed by atoms with E-state index in [0.717, 1.165) is 16.7 Å². The number of benzene rings is 1. The van der Waals surface area contributed by atoms with Crippen LogP contribution in [-0.4, -0.2) is 28.5 Å². The van der Waals surface area contributed by atoms with Gasteiger partial charge in [-0.2, -0.15) is 13.2 Å². The maximum absolute atomic E-state index is 13.1. The Labute approximate surface area is 168 Å². The summed E-state index contributed by atoms with van der Waals surface area (Å²) in [6.45, 7) is 4.50. The largest absolute Gasteiger partial charge is 0.416 e. The normalized spacial score (nSPS) is 11.6. The summed E-state index contributed by atoms with van der Waals surface area (Å²) in [7, 11) is 0. The van der Waals surface area contributed by atoms with Crippen molar-refractivity contribution in [2.75, 3.05) is 23.3 Å². The second kappa shape index (κ2) is 8.24. The number of anilines is 2. The number of hydrogen-bond acceptors (Lipinski definition) is 5. The van der Waals surface area contributed by atoms with Gasteiger partial charge in [0.15, 0.2) is 0 Å². The molecule has 29 heavy (non-hydrogen) atoms. The zero-order chi connectivity index (χ0) is 21.2. The Morgan fingerprint density at radius 2 is 1.97 bits per heavy atom. The van der Waals surface area contributed by atoms with Crippen molar-refractivity contribution in [1.82, 2.24) is 9.55 Å². The molecule has 10 heteroatoms. The van der Waals surface area contributed by atoms with E-state index in [1.165, 1.54) is 23.7 Å². The Kier molecular flexibility index (Phi) is 5.92. The minimum atomic E-state index is -4.54. The summed E-state index contributed by atoms with van der Waals surface area (Å²) in [5.41, 5.74) is -0.706. The second-order valence-corrected chi connectivity index (χ2v) is 7.16. The molecule has 0 saturated carbocycles. The molecule has 0 fully saturated rings. The average molecular weight is 424 g/mol. The Morgan fingerprint density at radius 1 is 1.24 bits per heavy atom. The van der Waals surface area contributed by atoms with E-state index in [2.05, 4.69) is 10.3 Å². The van der Waals surface area contributed by atoms with Gasteiger partial charge in [-0.3, -0.25) is 14.2 Å². The van der Waals surface area contributed by atoms with Gasteiger partial charge in [0.05, 0.1) is 28.7 Å². The van der Waals surface area contributed by atoms with E-state index in [4.69, 9.17) is 0 Å². The number of halogens is 3. The zero-order valence-corrected chi connectivity index (χ0v) is 16.6. The van der Waals surface area contributed by atoms with Crippen molar-refractivity contribution in [3.05, 3.63) is 51.9 Å². The molecule has 2 aromatic heterocycles. The molecule has 0 atom stereocenters. The number of rotatable bonds is 6. The van der Waals surface area contributed by atoms with Gasteiger partial charge in [-0.05, 0) is 43.5 Å². The smallest absolute Gasteiger partial charge is 0.370 e. The summed E-state index contributed by atoms with van der Waals surface area (Å²) >= 11 is 1.31. The number of carbonyl (C=O) groups excluding carboxylic acids is 1. The first-order chi connectivity index (χ1) is 13.7. The number of nitrogens with zero attached hydrogens (tertiary/aromatic N) is 3. The van der Waals surface area contributed by atoms with E-state index in [9.17, 15) is 22.8 Å². The molecule has 0 aliphatic carbocycles. The molecule has 0 radical (unpaired) electrons. The van der Waals surface area contributed by atoms with Crippen LogP contribution in [0.4, 0.5) is 24.5 Å². The van der Waals surface area contributed by atoms with Crippen molar-refractivity contribution in [3.63, 3.8) is 0 Å². The van der Waals surface area contributed by atoms with Gasteiger partial charge in [-0.1, -0.05) is 0 Å². The van der Waals surface area contributed by atoms with Crippen molar-refractivity contribution in [3.8, 4) is 0 Å². The van der Waals surface area contributed by atoms with Gasteiger partial charge in [0.2, 0.25) is 5.91 Å². The third-order valence-corrected chi connectivity index (χ3v) is 5.29. The fourth-order valence-electron chi connectivity index (χ4n) is 3.00. The number of fused-ring (bicyclic) bond motifs is 1. The molecule has 3 rings (SSSR count). The molecule has 0 aliphatic heterocycles. The first-order valence-corrected chi connectivity index (χ1v) is 9.81. The first kappa shape index (κ1) is 20.8. The number of nitrogens with one attached hydrogen (secondary N) is 1. The van der Waals surface area contributed by atoms with Crippen LogP contribution in [0.15, 0.2) is 40.8 Å². The lowest BCUT2D eigenvalue weighted by Gasteiger charge is -2.25. The lowest BCUT2D eigenvalue weighted by atomic mass is 10.1. The number of amides is 1. The van der Waals surface area contributed by atoms with Crippen LogP contribution in [-0.2, 0) is 17.5 Å². The molecule has 3 aromatic rings. The molecular formula is C19H19F3N4O2S. The SMILES string of the molecule is CCN(CC)c1ccc(C(F)(F)F)cc1NC(=O)Cn1cnc2sccc2c1=O. The van der Waals surface area contributed by atoms with Crippen LogP contribution in [0.25, 0.3) is 10.2 Å².